The molecule has 1 spiro atoms. The molecule has 0 saturated carbocycles. The summed E-state index contributed by atoms with van der Waals surface area (Å²) in [5, 5.41) is 0. The second-order valence-corrected chi connectivity index (χ2v) is 8.15. The summed E-state index contributed by atoms with van der Waals surface area (Å²) in [6.07, 6.45) is 13.0. The summed E-state index contributed by atoms with van der Waals surface area (Å²) in [4.78, 5) is 5.42. The summed E-state index contributed by atoms with van der Waals surface area (Å²) < 4.78 is 0. The number of hydrogen-bond donors (Lipinski definition) is 0. The molecule has 4 rings (SSSR count). The first kappa shape index (κ1) is 16.4. The van der Waals surface area contributed by atoms with Gasteiger partial charge in [-0.15, -0.1) is 0 Å². The fourth-order valence-corrected chi connectivity index (χ4v) is 5.03. The normalized spacial score (nSPS) is 26.8. The molecule has 3 aliphatic rings. The van der Waals surface area contributed by atoms with Crippen molar-refractivity contribution in [3.05, 3.63) is 41.5 Å². The second-order valence-electron chi connectivity index (χ2n) is 8.15. The van der Waals surface area contributed by atoms with Gasteiger partial charge in [0.15, 0.2) is 0 Å². The van der Waals surface area contributed by atoms with E-state index in [-0.39, 0.29) is 0 Å². The minimum atomic E-state index is 0.342. The lowest BCUT2D eigenvalue weighted by Gasteiger charge is -2.40. The summed E-state index contributed by atoms with van der Waals surface area (Å²) >= 11 is 0. The SMILES string of the molecule is CC1CCCCN1CCCN1CCC2(C=Cc3ccccc32)CC1. The minimum absolute atomic E-state index is 0.342. The Kier molecular flexibility index (Phi) is 4.78. The molecular formula is C22H32N2. The molecule has 0 bridgehead atoms. The van der Waals surface area contributed by atoms with Crippen LogP contribution in [0.2, 0.25) is 0 Å². The van der Waals surface area contributed by atoms with Crippen LogP contribution in [0.15, 0.2) is 30.3 Å². The highest BCUT2D eigenvalue weighted by Gasteiger charge is 2.37. The van der Waals surface area contributed by atoms with Crippen LogP contribution in [-0.2, 0) is 5.41 Å². The average molecular weight is 325 g/mol. The van der Waals surface area contributed by atoms with Gasteiger partial charge < -0.3 is 9.80 Å². The lowest BCUT2D eigenvalue weighted by atomic mass is 9.74. The van der Waals surface area contributed by atoms with Crippen molar-refractivity contribution < 1.29 is 0 Å². The van der Waals surface area contributed by atoms with E-state index in [0.717, 1.165) is 6.04 Å². The zero-order chi connectivity index (χ0) is 16.4. The molecule has 0 aromatic heterocycles. The van der Waals surface area contributed by atoms with Crippen LogP contribution in [0.4, 0.5) is 0 Å². The smallest absolute Gasteiger partial charge is 0.0165 e. The molecule has 2 heteroatoms. The molecule has 2 fully saturated rings. The number of hydrogen-bond acceptors (Lipinski definition) is 2. The molecule has 2 heterocycles. The first-order valence-corrected chi connectivity index (χ1v) is 10.0. The number of benzene rings is 1. The van der Waals surface area contributed by atoms with E-state index in [0.29, 0.717) is 5.41 Å². The predicted octanol–water partition coefficient (Wildman–Crippen LogP) is 4.31. The van der Waals surface area contributed by atoms with Gasteiger partial charge in [0.05, 0.1) is 0 Å². The third kappa shape index (κ3) is 3.19. The Balaban J connectivity index is 1.26. The van der Waals surface area contributed by atoms with Gasteiger partial charge in [-0.25, -0.2) is 0 Å². The fourth-order valence-electron chi connectivity index (χ4n) is 5.03. The Hall–Kier alpha value is -1.12. The third-order valence-electron chi connectivity index (χ3n) is 6.69. The van der Waals surface area contributed by atoms with E-state index in [2.05, 4.69) is 53.1 Å². The van der Waals surface area contributed by atoms with Gasteiger partial charge in [0.1, 0.15) is 0 Å². The topological polar surface area (TPSA) is 6.48 Å². The Morgan fingerprint density at radius 3 is 2.71 bits per heavy atom. The Labute approximate surface area is 147 Å². The number of allylic oxidation sites excluding steroid dienone is 1. The van der Waals surface area contributed by atoms with E-state index < -0.39 is 0 Å². The summed E-state index contributed by atoms with van der Waals surface area (Å²) in [6.45, 7) is 8.83. The molecule has 2 saturated heterocycles. The molecule has 0 N–H and O–H groups in total. The van der Waals surface area contributed by atoms with E-state index in [9.17, 15) is 0 Å². The molecule has 24 heavy (non-hydrogen) atoms. The summed E-state index contributed by atoms with van der Waals surface area (Å²) in [5.41, 5.74) is 3.37. The van der Waals surface area contributed by atoms with Gasteiger partial charge in [0.2, 0.25) is 0 Å². The Bertz CT molecular complexity index is 583. The van der Waals surface area contributed by atoms with Gasteiger partial charge in [-0.05, 0) is 82.9 Å². The zero-order valence-corrected chi connectivity index (χ0v) is 15.2. The van der Waals surface area contributed by atoms with E-state index in [1.54, 1.807) is 5.56 Å². The van der Waals surface area contributed by atoms with Crippen LogP contribution in [0.1, 0.15) is 56.6 Å². The van der Waals surface area contributed by atoms with Crippen LogP contribution in [0.25, 0.3) is 6.08 Å². The minimum Gasteiger partial charge on any atom is -0.303 e. The maximum Gasteiger partial charge on any atom is 0.0165 e. The van der Waals surface area contributed by atoms with Gasteiger partial charge >= 0.3 is 0 Å². The number of piperidine rings is 2. The van der Waals surface area contributed by atoms with E-state index in [1.165, 1.54) is 76.8 Å². The summed E-state index contributed by atoms with van der Waals surface area (Å²) in [7, 11) is 0. The van der Waals surface area contributed by atoms with Crippen molar-refractivity contribution in [2.24, 2.45) is 0 Å². The lowest BCUT2D eigenvalue weighted by molar-refractivity contribution is 0.137. The highest BCUT2D eigenvalue weighted by molar-refractivity contribution is 5.65. The van der Waals surface area contributed by atoms with Crippen LogP contribution >= 0.6 is 0 Å². The molecule has 1 unspecified atom stereocenters. The number of likely N-dealkylation sites (tertiary alicyclic amines) is 2. The van der Waals surface area contributed by atoms with Crippen molar-refractivity contribution in [2.75, 3.05) is 32.7 Å². The zero-order valence-electron chi connectivity index (χ0n) is 15.2. The second kappa shape index (κ2) is 7.01. The first-order valence-electron chi connectivity index (χ1n) is 10.0. The van der Waals surface area contributed by atoms with Gasteiger partial charge in [-0.1, -0.05) is 42.8 Å². The van der Waals surface area contributed by atoms with Gasteiger partial charge in [0.25, 0.3) is 0 Å². The molecule has 1 aromatic carbocycles. The highest BCUT2D eigenvalue weighted by atomic mass is 15.2. The highest BCUT2D eigenvalue weighted by Crippen LogP contribution is 2.43. The van der Waals surface area contributed by atoms with Crippen molar-refractivity contribution in [2.45, 2.75) is 56.9 Å². The third-order valence-corrected chi connectivity index (χ3v) is 6.69. The Morgan fingerprint density at radius 2 is 1.88 bits per heavy atom. The van der Waals surface area contributed by atoms with E-state index >= 15 is 0 Å². The molecule has 2 nitrogen and oxygen atoms in total. The standard InChI is InChI=1S/C22H32N2/c1-19-7-4-5-15-24(19)16-6-14-23-17-12-22(13-18-23)11-10-20-8-2-3-9-21(20)22/h2-3,8-11,19H,4-7,12-18H2,1H3. The molecule has 0 amide bonds. The van der Waals surface area contributed by atoms with Crippen molar-refractivity contribution in [3.8, 4) is 0 Å². The van der Waals surface area contributed by atoms with Crippen molar-refractivity contribution in [1.82, 2.24) is 9.80 Å². The molecule has 1 aliphatic carbocycles. The predicted molar refractivity (Wildman–Crippen MR) is 102 cm³/mol. The average Bonchev–Trinajstić information content (AvgIpc) is 2.97. The Morgan fingerprint density at radius 1 is 1.04 bits per heavy atom. The first-order chi connectivity index (χ1) is 11.8. The molecule has 0 radical (unpaired) electrons. The summed E-state index contributed by atoms with van der Waals surface area (Å²) in [6, 6.07) is 9.80. The largest absolute Gasteiger partial charge is 0.303 e. The van der Waals surface area contributed by atoms with Crippen LogP contribution < -0.4 is 0 Å². The van der Waals surface area contributed by atoms with Crippen LogP contribution in [0.3, 0.4) is 0 Å². The summed E-state index contributed by atoms with van der Waals surface area (Å²) in [5.74, 6) is 0. The fraction of sp³-hybridized carbons (Fsp3) is 0.636. The van der Waals surface area contributed by atoms with Crippen molar-refractivity contribution in [3.63, 3.8) is 0 Å². The van der Waals surface area contributed by atoms with Crippen molar-refractivity contribution >= 4 is 6.08 Å². The molecule has 130 valence electrons. The quantitative estimate of drug-likeness (QED) is 0.814. The van der Waals surface area contributed by atoms with Gasteiger partial charge in [-0.3, -0.25) is 0 Å². The van der Waals surface area contributed by atoms with Crippen LogP contribution in [0.5, 0.6) is 0 Å². The van der Waals surface area contributed by atoms with Gasteiger partial charge in [-0.2, -0.15) is 0 Å². The molecular weight excluding hydrogens is 292 g/mol. The van der Waals surface area contributed by atoms with Crippen LogP contribution in [0, 0.1) is 0 Å². The number of rotatable bonds is 4. The maximum atomic E-state index is 2.71. The van der Waals surface area contributed by atoms with E-state index in [1.807, 2.05) is 0 Å². The lowest BCUT2D eigenvalue weighted by Crippen LogP contribution is -2.43. The molecule has 1 aromatic rings. The van der Waals surface area contributed by atoms with Gasteiger partial charge in [0, 0.05) is 11.5 Å². The monoisotopic (exact) mass is 324 g/mol. The van der Waals surface area contributed by atoms with Crippen molar-refractivity contribution in [1.29, 1.82) is 0 Å². The molecule has 1 atom stereocenters. The van der Waals surface area contributed by atoms with E-state index in [4.69, 9.17) is 0 Å². The number of nitrogens with zero attached hydrogens (tertiary/aromatic N) is 2. The maximum absolute atomic E-state index is 2.71. The molecule has 2 aliphatic heterocycles. The van der Waals surface area contributed by atoms with Crippen LogP contribution in [-0.4, -0.2) is 48.6 Å². The number of fused-ring (bicyclic) bond motifs is 2.